The minimum atomic E-state index is -0.840. The summed E-state index contributed by atoms with van der Waals surface area (Å²) in [6.07, 6.45) is 4.83. The van der Waals surface area contributed by atoms with Crippen molar-refractivity contribution in [1.82, 2.24) is 5.32 Å². The summed E-state index contributed by atoms with van der Waals surface area (Å²) in [5.41, 5.74) is 0. The Kier molecular flexibility index (Phi) is 3.42. The number of carboxylic acids is 1. The summed E-state index contributed by atoms with van der Waals surface area (Å²) in [4.78, 5) is 9.77. The van der Waals surface area contributed by atoms with Gasteiger partial charge in [0.15, 0.2) is 0 Å². The second kappa shape index (κ2) is 4.00. The lowest BCUT2D eigenvalue weighted by Crippen LogP contribution is -2.11. The van der Waals surface area contributed by atoms with Crippen LogP contribution < -0.4 is 5.32 Å². The molecule has 0 atom stereocenters. The van der Waals surface area contributed by atoms with Crippen molar-refractivity contribution in [3.8, 4) is 12.5 Å². The number of aliphatic carboxylic acids is 1. The van der Waals surface area contributed by atoms with E-state index < -0.39 is 5.97 Å². The van der Waals surface area contributed by atoms with E-state index in [9.17, 15) is 4.79 Å². The molecule has 0 aromatic rings. The van der Waals surface area contributed by atoms with Crippen molar-refractivity contribution in [2.24, 2.45) is 0 Å². The average Bonchev–Trinajstić information content (AvgIpc) is 1.66. The summed E-state index contributed by atoms with van der Waals surface area (Å²) in [7, 11) is 0. The van der Waals surface area contributed by atoms with E-state index in [1.807, 2.05) is 0 Å². The van der Waals surface area contributed by atoms with E-state index in [0.717, 1.165) is 0 Å². The quantitative estimate of drug-likeness (QED) is 0.298. The van der Waals surface area contributed by atoms with Crippen LogP contribution >= 0.6 is 0 Å². The zero-order valence-electron chi connectivity index (χ0n) is 4.35. The van der Waals surface area contributed by atoms with Crippen molar-refractivity contribution in [2.75, 3.05) is 6.54 Å². The highest BCUT2D eigenvalue weighted by Crippen LogP contribution is 1.71. The molecule has 2 N–H and O–H groups in total. The molecule has 0 fully saturated rings. The SMILES string of the molecule is C#CNCCC(=O)O. The molecule has 0 saturated carbocycles. The molecule has 0 aliphatic carbocycles. The Labute approximate surface area is 47.7 Å². The van der Waals surface area contributed by atoms with Gasteiger partial charge in [-0.3, -0.25) is 4.79 Å². The minimum Gasteiger partial charge on any atom is -0.481 e. The third kappa shape index (κ3) is 4.83. The lowest BCUT2D eigenvalue weighted by molar-refractivity contribution is -0.136. The van der Waals surface area contributed by atoms with Gasteiger partial charge >= 0.3 is 5.97 Å². The maximum Gasteiger partial charge on any atom is 0.305 e. The molecule has 0 unspecified atom stereocenters. The molecule has 0 saturated heterocycles. The van der Waals surface area contributed by atoms with Gasteiger partial charge in [0.05, 0.1) is 6.42 Å². The van der Waals surface area contributed by atoms with E-state index in [2.05, 4.69) is 11.4 Å². The molecule has 3 heteroatoms. The molecule has 0 rings (SSSR count). The van der Waals surface area contributed by atoms with Crippen molar-refractivity contribution in [1.29, 1.82) is 0 Å². The number of hydrogen-bond donors (Lipinski definition) is 2. The predicted molar refractivity (Wildman–Crippen MR) is 29.1 cm³/mol. The molecule has 0 radical (unpaired) electrons. The van der Waals surface area contributed by atoms with E-state index in [0.29, 0.717) is 6.54 Å². The van der Waals surface area contributed by atoms with Crippen LogP contribution in [0.3, 0.4) is 0 Å². The van der Waals surface area contributed by atoms with Crippen LogP contribution in [0.15, 0.2) is 0 Å². The Balaban J connectivity index is 2.97. The highest BCUT2D eigenvalue weighted by molar-refractivity contribution is 5.66. The van der Waals surface area contributed by atoms with E-state index in [1.165, 1.54) is 0 Å². The van der Waals surface area contributed by atoms with Gasteiger partial charge in [0, 0.05) is 12.6 Å². The van der Waals surface area contributed by atoms with Gasteiger partial charge in [0.1, 0.15) is 0 Å². The number of carboxylic acid groups (broad SMARTS) is 1. The normalized spacial score (nSPS) is 7.38. The van der Waals surface area contributed by atoms with Crippen LogP contribution in [0.5, 0.6) is 0 Å². The zero-order valence-corrected chi connectivity index (χ0v) is 4.35. The van der Waals surface area contributed by atoms with Gasteiger partial charge in [-0.1, -0.05) is 6.42 Å². The van der Waals surface area contributed by atoms with E-state index in [1.54, 1.807) is 0 Å². The Hall–Kier alpha value is -1.17. The molecule has 0 aliphatic rings. The smallest absolute Gasteiger partial charge is 0.305 e. The number of carbonyl (C=O) groups is 1. The topological polar surface area (TPSA) is 49.3 Å². The summed E-state index contributed by atoms with van der Waals surface area (Å²) in [6, 6.07) is 2.11. The highest BCUT2D eigenvalue weighted by Gasteiger charge is 1.91. The van der Waals surface area contributed by atoms with E-state index in [-0.39, 0.29) is 6.42 Å². The largest absolute Gasteiger partial charge is 0.481 e. The van der Waals surface area contributed by atoms with E-state index in [4.69, 9.17) is 11.5 Å². The Morgan fingerprint density at radius 3 is 2.88 bits per heavy atom. The van der Waals surface area contributed by atoms with Gasteiger partial charge in [-0.25, -0.2) is 0 Å². The summed E-state index contributed by atoms with van der Waals surface area (Å²) in [5.74, 6) is -0.840. The second-order valence-electron chi connectivity index (χ2n) is 1.21. The molecule has 0 spiro atoms. The third-order valence-corrected chi connectivity index (χ3v) is 0.566. The van der Waals surface area contributed by atoms with Gasteiger partial charge in [0.25, 0.3) is 0 Å². The van der Waals surface area contributed by atoms with Gasteiger partial charge in [-0.15, -0.1) is 0 Å². The molecule has 0 heterocycles. The van der Waals surface area contributed by atoms with Crippen molar-refractivity contribution < 1.29 is 9.90 Å². The average molecular weight is 113 g/mol. The van der Waals surface area contributed by atoms with Crippen molar-refractivity contribution in [3.63, 3.8) is 0 Å². The Morgan fingerprint density at radius 1 is 1.88 bits per heavy atom. The van der Waals surface area contributed by atoms with Crippen LogP contribution in [0.4, 0.5) is 0 Å². The molecule has 0 aliphatic heterocycles. The monoisotopic (exact) mass is 113 g/mol. The molecular weight excluding hydrogens is 106 g/mol. The molecule has 8 heavy (non-hydrogen) atoms. The molecule has 44 valence electrons. The van der Waals surface area contributed by atoms with Gasteiger partial charge in [-0.2, -0.15) is 0 Å². The summed E-state index contributed by atoms with van der Waals surface area (Å²) in [6.45, 7) is 0.339. The Bertz CT molecular complexity index is 114. The third-order valence-electron chi connectivity index (χ3n) is 0.566. The number of hydrogen-bond acceptors (Lipinski definition) is 2. The highest BCUT2D eigenvalue weighted by atomic mass is 16.4. The molecule has 0 amide bonds. The number of nitrogens with one attached hydrogen (secondary N) is 1. The maximum absolute atomic E-state index is 9.77. The van der Waals surface area contributed by atoms with Crippen LogP contribution in [0.25, 0.3) is 0 Å². The standard InChI is InChI=1S/C5H7NO2/c1-2-6-4-3-5(7)8/h1,6H,3-4H2,(H,7,8). The molecule has 0 aromatic carbocycles. The lowest BCUT2D eigenvalue weighted by atomic mass is 10.4. The van der Waals surface area contributed by atoms with Gasteiger partial charge in [-0.05, 0) is 0 Å². The lowest BCUT2D eigenvalue weighted by Gasteiger charge is -1.89. The fourth-order valence-corrected chi connectivity index (χ4v) is 0.242. The van der Waals surface area contributed by atoms with Crippen LogP contribution in [-0.2, 0) is 4.79 Å². The fraction of sp³-hybridized carbons (Fsp3) is 0.400. The van der Waals surface area contributed by atoms with Crippen molar-refractivity contribution in [2.45, 2.75) is 6.42 Å². The first kappa shape index (κ1) is 6.83. The molecule has 0 bridgehead atoms. The van der Waals surface area contributed by atoms with Crippen molar-refractivity contribution >= 4 is 5.97 Å². The first-order valence-corrected chi connectivity index (χ1v) is 2.17. The fourth-order valence-electron chi connectivity index (χ4n) is 0.242. The number of terminal acetylenes is 1. The summed E-state index contributed by atoms with van der Waals surface area (Å²) < 4.78 is 0. The minimum absolute atomic E-state index is 0.0736. The van der Waals surface area contributed by atoms with E-state index >= 15 is 0 Å². The Morgan fingerprint density at radius 2 is 2.50 bits per heavy atom. The first-order valence-electron chi connectivity index (χ1n) is 2.17. The zero-order chi connectivity index (χ0) is 6.41. The first-order chi connectivity index (χ1) is 3.77. The van der Waals surface area contributed by atoms with Gasteiger partial charge < -0.3 is 10.4 Å². The second-order valence-corrected chi connectivity index (χ2v) is 1.21. The maximum atomic E-state index is 9.77. The van der Waals surface area contributed by atoms with Crippen molar-refractivity contribution in [3.05, 3.63) is 0 Å². The van der Waals surface area contributed by atoms with Crippen LogP contribution in [-0.4, -0.2) is 17.6 Å². The number of rotatable bonds is 3. The molecule has 0 aromatic heterocycles. The van der Waals surface area contributed by atoms with Gasteiger partial charge in [0.2, 0.25) is 0 Å². The summed E-state index contributed by atoms with van der Waals surface area (Å²) in [5, 5.41) is 10.5. The summed E-state index contributed by atoms with van der Waals surface area (Å²) >= 11 is 0. The molecular formula is C5H7NO2. The van der Waals surface area contributed by atoms with Crippen LogP contribution in [0, 0.1) is 12.5 Å². The predicted octanol–water partition coefficient (Wildman–Crippen LogP) is -0.359. The van der Waals surface area contributed by atoms with Crippen LogP contribution in [0.2, 0.25) is 0 Å². The molecule has 3 nitrogen and oxygen atoms in total. The van der Waals surface area contributed by atoms with Crippen LogP contribution in [0.1, 0.15) is 6.42 Å².